The number of carbonyl (C=O) groups excluding carboxylic acids is 2. The molecule has 0 radical (unpaired) electrons. The van der Waals surface area contributed by atoms with Gasteiger partial charge < -0.3 is 15.5 Å². The minimum atomic E-state index is -0.416. The standard InChI is InChI=1S/C14H21N5O2/c1-18-9-11(7-16-18)19-5-4-12(14(19)21)17-13(20)8-15-6-10-2-3-10/h7,9-10,12,15H,2-6,8H2,1H3,(H,17,20). The highest BCUT2D eigenvalue weighted by atomic mass is 16.2. The van der Waals surface area contributed by atoms with Crippen LogP contribution in [-0.2, 0) is 16.6 Å². The van der Waals surface area contributed by atoms with E-state index in [9.17, 15) is 9.59 Å². The minimum absolute atomic E-state index is 0.0569. The largest absolute Gasteiger partial charge is 0.343 e. The van der Waals surface area contributed by atoms with Crippen molar-refractivity contribution in [2.45, 2.75) is 25.3 Å². The van der Waals surface area contributed by atoms with E-state index in [1.807, 2.05) is 7.05 Å². The molecule has 2 fully saturated rings. The summed E-state index contributed by atoms with van der Waals surface area (Å²) < 4.78 is 1.66. The number of nitrogens with one attached hydrogen (secondary N) is 2. The van der Waals surface area contributed by atoms with Crippen molar-refractivity contribution in [2.75, 3.05) is 24.5 Å². The number of aryl methyl sites for hydroxylation is 1. The van der Waals surface area contributed by atoms with Crippen molar-refractivity contribution in [2.24, 2.45) is 13.0 Å². The molecule has 7 nitrogen and oxygen atoms in total. The van der Waals surface area contributed by atoms with Crippen LogP contribution in [0, 0.1) is 5.92 Å². The van der Waals surface area contributed by atoms with Crippen molar-refractivity contribution in [1.29, 1.82) is 0 Å². The summed E-state index contributed by atoms with van der Waals surface area (Å²) in [6.07, 6.45) is 6.63. The van der Waals surface area contributed by atoms with Crippen LogP contribution in [0.5, 0.6) is 0 Å². The summed E-state index contributed by atoms with van der Waals surface area (Å²) in [5.41, 5.74) is 0.783. The van der Waals surface area contributed by atoms with Crippen LogP contribution in [0.2, 0.25) is 0 Å². The molecule has 2 heterocycles. The lowest BCUT2D eigenvalue weighted by atomic mass is 10.2. The van der Waals surface area contributed by atoms with E-state index in [4.69, 9.17) is 0 Å². The second kappa shape index (κ2) is 5.85. The lowest BCUT2D eigenvalue weighted by Crippen LogP contribution is -2.45. The summed E-state index contributed by atoms with van der Waals surface area (Å²) >= 11 is 0. The van der Waals surface area contributed by atoms with Crippen LogP contribution in [0.1, 0.15) is 19.3 Å². The van der Waals surface area contributed by atoms with Gasteiger partial charge in [0.1, 0.15) is 6.04 Å². The van der Waals surface area contributed by atoms with Gasteiger partial charge in [0.15, 0.2) is 0 Å². The maximum absolute atomic E-state index is 12.3. The van der Waals surface area contributed by atoms with Gasteiger partial charge in [-0.15, -0.1) is 0 Å². The molecular formula is C14H21N5O2. The van der Waals surface area contributed by atoms with Crippen LogP contribution in [0.15, 0.2) is 12.4 Å². The number of hydrogen-bond donors (Lipinski definition) is 2. The summed E-state index contributed by atoms with van der Waals surface area (Å²) in [5, 5.41) is 10.0. The molecule has 2 aliphatic rings. The normalized spacial score (nSPS) is 21.9. The number of rotatable bonds is 6. The second-order valence-electron chi connectivity index (χ2n) is 5.85. The Morgan fingerprint density at radius 1 is 1.43 bits per heavy atom. The highest BCUT2D eigenvalue weighted by Gasteiger charge is 2.34. The van der Waals surface area contributed by atoms with Gasteiger partial charge >= 0.3 is 0 Å². The maximum Gasteiger partial charge on any atom is 0.249 e. The van der Waals surface area contributed by atoms with Gasteiger partial charge in [0.2, 0.25) is 11.8 Å². The van der Waals surface area contributed by atoms with Gasteiger partial charge in [-0.1, -0.05) is 0 Å². The van der Waals surface area contributed by atoms with Gasteiger partial charge in [-0.05, 0) is 31.7 Å². The third-order valence-corrected chi connectivity index (χ3v) is 3.96. The highest BCUT2D eigenvalue weighted by Crippen LogP contribution is 2.27. The molecule has 1 unspecified atom stereocenters. The average Bonchev–Trinajstić information content (AvgIpc) is 3.07. The third-order valence-electron chi connectivity index (χ3n) is 3.96. The first kappa shape index (κ1) is 14.1. The fourth-order valence-electron chi connectivity index (χ4n) is 2.58. The minimum Gasteiger partial charge on any atom is -0.343 e. The molecule has 1 saturated carbocycles. The zero-order valence-corrected chi connectivity index (χ0v) is 12.2. The molecule has 1 atom stereocenters. The van der Waals surface area contributed by atoms with Crippen LogP contribution >= 0.6 is 0 Å². The molecule has 1 aromatic rings. The first-order valence-corrected chi connectivity index (χ1v) is 7.43. The fourth-order valence-corrected chi connectivity index (χ4v) is 2.58. The molecule has 1 aliphatic carbocycles. The van der Waals surface area contributed by atoms with Crippen molar-refractivity contribution in [3.05, 3.63) is 12.4 Å². The smallest absolute Gasteiger partial charge is 0.249 e. The SMILES string of the molecule is Cn1cc(N2CCC(NC(=O)CNCC3CC3)C2=O)cn1. The number of aromatic nitrogens is 2. The van der Waals surface area contributed by atoms with E-state index in [0.29, 0.717) is 13.0 Å². The monoisotopic (exact) mass is 291 g/mol. The Morgan fingerprint density at radius 2 is 2.24 bits per heavy atom. The van der Waals surface area contributed by atoms with E-state index in [-0.39, 0.29) is 18.4 Å². The molecule has 1 aliphatic heterocycles. The topological polar surface area (TPSA) is 79.3 Å². The van der Waals surface area contributed by atoms with E-state index in [1.165, 1.54) is 12.8 Å². The molecule has 2 amide bonds. The molecule has 0 bridgehead atoms. The molecular weight excluding hydrogens is 270 g/mol. The lowest BCUT2D eigenvalue weighted by molar-refractivity contribution is -0.125. The molecule has 0 spiro atoms. The summed E-state index contributed by atoms with van der Waals surface area (Å²) in [6, 6.07) is -0.416. The Bertz CT molecular complexity index is 537. The number of carbonyl (C=O) groups is 2. The molecule has 1 aromatic heterocycles. The molecule has 1 saturated heterocycles. The van der Waals surface area contributed by atoms with Crippen LogP contribution in [-0.4, -0.2) is 47.3 Å². The van der Waals surface area contributed by atoms with Crippen molar-refractivity contribution in [3.8, 4) is 0 Å². The summed E-state index contributed by atoms with van der Waals surface area (Å²) in [6.45, 7) is 1.80. The summed E-state index contributed by atoms with van der Waals surface area (Å²) in [7, 11) is 1.81. The Kier molecular flexibility index (Phi) is 3.92. The van der Waals surface area contributed by atoms with E-state index in [2.05, 4.69) is 15.7 Å². The van der Waals surface area contributed by atoms with Crippen molar-refractivity contribution >= 4 is 17.5 Å². The van der Waals surface area contributed by atoms with Crippen LogP contribution < -0.4 is 15.5 Å². The van der Waals surface area contributed by atoms with E-state index in [0.717, 1.165) is 18.2 Å². The number of anilines is 1. The zero-order chi connectivity index (χ0) is 14.8. The Morgan fingerprint density at radius 3 is 2.90 bits per heavy atom. The molecule has 114 valence electrons. The van der Waals surface area contributed by atoms with Crippen molar-refractivity contribution in [3.63, 3.8) is 0 Å². The first-order valence-electron chi connectivity index (χ1n) is 7.43. The van der Waals surface area contributed by atoms with Crippen molar-refractivity contribution < 1.29 is 9.59 Å². The van der Waals surface area contributed by atoms with Crippen LogP contribution in [0.3, 0.4) is 0 Å². The van der Waals surface area contributed by atoms with Gasteiger partial charge in [0.05, 0.1) is 18.4 Å². The predicted molar refractivity (Wildman–Crippen MR) is 77.7 cm³/mol. The molecule has 7 heteroatoms. The molecule has 3 rings (SSSR count). The van der Waals surface area contributed by atoms with E-state index < -0.39 is 6.04 Å². The van der Waals surface area contributed by atoms with E-state index in [1.54, 1.807) is 22.0 Å². The third kappa shape index (κ3) is 3.41. The zero-order valence-electron chi connectivity index (χ0n) is 12.2. The van der Waals surface area contributed by atoms with Crippen LogP contribution in [0.4, 0.5) is 5.69 Å². The Labute approximate surface area is 123 Å². The number of amides is 2. The fraction of sp³-hybridized carbons (Fsp3) is 0.643. The molecule has 2 N–H and O–H groups in total. The summed E-state index contributed by atoms with van der Waals surface area (Å²) in [4.78, 5) is 25.8. The van der Waals surface area contributed by atoms with Gasteiger partial charge in [0.25, 0.3) is 0 Å². The molecule has 21 heavy (non-hydrogen) atoms. The van der Waals surface area contributed by atoms with E-state index >= 15 is 0 Å². The van der Waals surface area contributed by atoms with Gasteiger partial charge in [-0.25, -0.2) is 0 Å². The van der Waals surface area contributed by atoms with Crippen molar-refractivity contribution in [1.82, 2.24) is 20.4 Å². The average molecular weight is 291 g/mol. The van der Waals surface area contributed by atoms with Crippen LogP contribution in [0.25, 0.3) is 0 Å². The van der Waals surface area contributed by atoms with Gasteiger partial charge in [-0.3, -0.25) is 14.3 Å². The maximum atomic E-state index is 12.3. The predicted octanol–water partition coefficient (Wildman–Crippen LogP) is -0.359. The lowest BCUT2D eigenvalue weighted by Gasteiger charge is -2.15. The van der Waals surface area contributed by atoms with Gasteiger partial charge in [0, 0.05) is 19.8 Å². The summed E-state index contributed by atoms with van der Waals surface area (Å²) in [5.74, 6) is 0.576. The molecule has 0 aromatic carbocycles. The number of nitrogens with zero attached hydrogens (tertiary/aromatic N) is 3. The first-order chi connectivity index (χ1) is 10.1. The Hall–Kier alpha value is -1.89. The highest BCUT2D eigenvalue weighted by molar-refractivity contribution is 6.01. The quantitative estimate of drug-likeness (QED) is 0.750. The number of hydrogen-bond acceptors (Lipinski definition) is 4. The van der Waals surface area contributed by atoms with Gasteiger partial charge in [-0.2, -0.15) is 5.10 Å². The Balaban J connectivity index is 1.47. The second-order valence-corrected chi connectivity index (χ2v) is 5.85.